The molecule has 0 aliphatic heterocycles. The predicted octanol–water partition coefficient (Wildman–Crippen LogP) is -0.357. The topological polar surface area (TPSA) is 72.5 Å². The van der Waals surface area contributed by atoms with E-state index in [4.69, 9.17) is 0 Å². The Hall–Kier alpha value is -1.39. The van der Waals surface area contributed by atoms with Gasteiger partial charge in [-0.05, 0) is 6.92 Å². The van der Waals surface area contributed by atoms with Crippen molar-refractivity contribution in [2.24, 2.45) is 0 Å². The van der Waals surface area contributed by atoms with E-state index in [1.807, 2.05) is 0 Å². The smallest absolute Gasteiger partial charge is 0.302 e. The number of aldehydes is 1. The fourth-order valence-electron chi connectivity index (χ4n) is 0.648. The van der Waals surface area contributed by atoms with Crippen LogP contribution in [0.5, 0.6) is 0 Å². The van der Waals surface area contributed by atoms with Crippen LogP contribution in [0.2, 0.25) is 0 Å². The normalized spacial score (nSPS) is 11.5. The van der Waals surface area contributed by atoms with E-state index >= 15 is 0 Å². The van der Waals surface area contributed by atoms with Crippen LogP contribution in [0.25, 0.3) is 0 Å². The van der Waals surface area contributed by atoms with Gasteiger partial charge < -0.3 is 14.8 Å². The summed E-state index contributed by atoms with van der Waals surface area (Å²) >= 11 is 0. The molecule has 0 aromatic rings. The van der Waals surface area contributed by atoms with Crippen LogP contribution in [0.15, 0.2) is 0 Å². The predicted molar refractivity (Wildman–Crippen MR) is 44.9 cm³/mol. The lowest BCUT2D eigenvalue weighted by atomic mass is 10.3. The van der Waals surface area contributed by atoms with Gasteiger partial charge in [-0.15, -0.1) is 0 Å². The zero-order valence-corrected chi connectivity index (χ0v) is 7.70. The largest absolute Gasteiger partial charge is 0.465 e. The summed E-state index contributed by atoms with van der Waals surface area (Å²) in [7, 11) is 0. The first kappa shape index (κ1) is 11.6. The van der Waals surface area contributed by atoms with Crippen LogP contribution in [0.4, 0.5) is 0 Å². The minimum atomic E-state index is -0.496. The van der Waals surface area contributed by atoms with Gasteiger partial charge in [-0.25, -0.2) is 0 Å². The Labute approximate surface area is 76.4 Å². The van der Waals surface area contributed by atoms with E-state index < -0.39 is 12.0 Å². The van der Waals surface area contributed by atoms with Crippen LogP contribution >= 0.6 is 0 Å². The summed E-state index contributed by atoms with van der Waals surface area (Å²) in [5.74, 6) is -0.725. The van der Waals surface area contributed by atoms with Crippen LogP contribution < -0.4 is 5.32 Å². The Morgan fingerprint density at radius 2 is 2.15 bits per heavy atom. The van der Waals surface area contributed by atoms with E-state index in [1.165, 1.54) is 6.92 Å². The summed E-state index contributed by atoms with van der Waals surface area (Å²) in [4.78, 5) is 31.3. The van der Waals surface area contributed by atoms with Crippen LogP contribution in [0.1, 0.15) is 20.3 Å². The maximum atomic E-state index is 10.9. The average Bonchev–Trinajstić information content (AvgIpc) is 2.03. The number of carbonyl (C=O) groups excluding carboxylic acids is 3. The molecule has 13 heavy (non-hydrogen) atoms. The molecule has 0 aliphatic rings. The molecule has 0 aliphatic carbocycles. The van der Waals surface area contributed by atoms with Gasteiger partial charge in [0.05, 0.1) is 12.5 Å². The van der Waals surface area contributed by atoms with Gasteiger partial charge in [-0.1, -0.05) is 0 Å². The number of hydrogen-bond donors (Lipinski definition) is 1. The Morgan fingerprint density at radius 1 is 1.54 bits per heavy atom. The fourth-order valence-corrected chi connectivity index (χ4v) is 0.648. The number of nitrogens with one attached hydrogen (secondary N) is 1. The third kappa shape index (κ3) is 6.99. The van der Waals surface area contributed by atoms with Gasteiger partial charge in [-0.2, -0.15) is 0 Å². The number of esters is 1. The number of hydrogen-bond acceptors (Lipinski definition) is 4. The Kier molecular flexibility index (Phi) is 5.50. The van der Waals surface area contributed by atoms with E-state index in [9.17, 15) is 14.4 Å². The minimum absolute atomic E-state index is 0.0484. The second-order valence-corrected chi connectivity index (χ2v) is 2.58. The molecule has 5 nitrogen and oxygen atoms in total. The molecule has 0 saturated carbocycles. The molecule has 0 bridgehead atoms. The van der Waals surface area contributed by atoms with Crippen molar-refractivity contribution in [2.75, 3.05) is 6.61 Å². The zero-order valence-electron chi connectivity index (χ0n) is 7.70. The van der Waals surface area contributed by atoms with E-state index in [0.29, 0.717) is 6.29 Å². The summed E-state index contributed by atoms with van der Waals surface area (Å²) in [5.41, 5.74) is 0. The lowest BCUT2D eigenvalue weighted by Gasteiger charge is -2.06. The lowest BCUT2D eigenvalue weighted by Crippen LogP contribution is -2.34. The first-order chi connectivity index (χ1) is 6.06. The molecule has 0 saturated heterocycles. The van der Waals surface area contributed by atoms with Crippen LogP contribution in [0.3, 0.4) is 0 Å². The number of amides is 1. The van der Waals surface area contributed by atoms with Crippen molar-refractivity contribution in [3.05, 3.63) is 0 Å². The van der Waals surface area contributed by atoms with Crippen molar-refractivity contribution in [3.63, 3.8) is 0 Å². The van der Waals surface area contributed by atoms with Crippen LogP contribution in [-0.4, -0.2) is 30.8 Å². The molecule has 1 N–H and O–H groups in total. The molecule has 0 rings (SSSR count). The maximum Gasteiger partial charge on any atom is 0.302 e. The van der Waals surface area contributed by atoms with Gasteiger partial charge in [0.1, 0.15) is 12.9 Å². The van der Waals surface area contributed by atoms with E-state index in [1.54, 1.807) is 6.92 Å². The molecule has 0 fully saturated rings. The molecule has 0 unspecified atom stereocenters. The molecule has 0 aromatic heterocycles. The van der Waals surface area contributed by atoms with E-state index in [-0.39, 0.29) is 18.9 Å². The highest BCUT2D eigenvalue weighted by Gasteiger charge is 2.05. The minimum Gasteiger partial charge on any atom is -0.465 e. The molecule has 0 radical (unpaired) electrons. The van der Waals surface area contributed by atoms with E-state index in [2.05, 4.69) is 10.1 Å². The van der Waals surface area contributed by atoms with Crippen molar-refractivity contribution in [2.45, 2.75) is 26.3 Å². The van der Waals surface area contributed by atoms with Gasteiger partial charge >= 0.3 is 5.97 Å². The van der Waals surface area contributed by atoms with Crippen molar-refractivity contribution in [1.29, 1.82) is 0 Å². The van der Waals surface area contributed by atoms with Crippen molar-refractivity contribution >= 4 is 18.2 Å². The summed E-state index contributed by atoms with van der Waals surface area (Å²) in [6.07, 6.45) is 0.710. The first-order valence-electron chi connectivity index (χ1n) is 3.94. The van der Waals surface area contributed by atoms with Crippen LogP contribution in [0, 0.1) is 0 Å². The second kappa shape index (κ2) is 6.16. The summed E-state index contributed by atoms with van der Waals surface area (Å²) < 4.78 is 4.54. The van der Waals surface area contributed by atoms with Gasteiger partial charge in [0.2, 0.25) is 5.91 Å². The molecule has 0 aromatic carbocycles. The molecule has 5 heteroatoms. The second-order valence-electron chi connectivity index (χ2n) is 2.58. The van der Waals surface area contributed by atoms with Gasteiger partial charge in [0.25, 0.3) is 0 Å². The Bertz CT molecular complexity index is 202. The number of ether oxygens (including phenoxy) is 1. The third-order valence-corrected chi connectivity index (χ3v) is 1.23. The summed E-state index contributed by atoms with van der Waals surface area (Å²) in [6, 6.07) is -0.496. The highest BCUT2D eigenvalue weighted by atomic mass is 16.5. The van der Waals surface area contributed by atoms with Crippen molar-refractivity contribution in [1.82, 2.24) is 5.32 Å². The Balaban J connectivity index is 3.51. The molecule has 0 spiro atoms. The van der Waals surface area contributed by atoms with Gasteiger partial charge in [0.15, 0.2) is 0 Å². The third-order valence-electron chi connectivity index (χ3n) is 1.23. The zero-order chi connectivity index (χ0) is 10.3. The average molecular weight is 187 g/mol. The van der Waals surface area contributed by atoms with Crippen LogP contribution in [-0.2, 0) is 19.1 Å². The number of rotatable bonds is 5. The fraction of sp³-hybridized carbons (Fsp3) is 0.625. The Morgan fingerprint density at radius 3 is 2.62 bits per heavy atom. The molecular formula is C8H13NO4. The summed E-state index contributed by atoms with van der Waals surface area (Å²) in [5, 5.41) is 2.40. The van der Waals surface area contributed by atoms with Gasteiger partial charge in [0, 0.05) is 6.92 Å². The molecule has 0 heterocycles. The molecular weight excluding hydrogens is 174 g/mol. The molecule has 1 atom stereocenters. The lowest BCUT2D eigenvalue weighted by molar-refractivity contribution is -0.141. The highest BCUT2D eigenvalue weighted by molar-refractivity contribution is 5.79. The SMILES string of the molecule is CC(=O)OCCC(=O)N[C@@H](C)C=O. The molecule has 1 amide bonds. The molecule has 74 valence electrons. The summed E-state index contributed by atoms with van der Waals surface area (Å²) in [6.45, 7) is 2.88. The maximum absolute atomic E-state index is 10.9. The number of carbonyl (C=O) groups is 3. The van der Waals surface area contributed by atoms with Gasteiger partial charge in [-0.3, -0.25) is 9.59 Å². The van der Waals surface area contributed by atoms with E-state index in [0.717, 1.165) is 0 Å². The first-order valence-corrected chi connectivity index (χ1v) is 3.94. The van der Waals surface area contributed by atoms with Crippen molar-refractivity contribution < 1.29 is 19.1 Å². The quantitative estimate of drug-likeness (QED) is 0.471. The van der Waals surface area contributed by atoms with Crippen molar-refractivity contribution in [3.8, 4) is 0 Å². The highest BCUT2D eigenvalue weighted by Crippen LogP contribution is 1.85. The standard InChI is InChI=1S/C8H13NO4/c1-6(5-10)9-8(12)3-4-13-7(2)11/h5-6H,3-4H2,1-2H3,(H,9,12)/t6-/m0/s1. The monoisotopic (exact) mass is 187 g/mol.